The van der Waals surface area contributed by atoms with Gasteiger partial charge in [0.05, 0.1) is 0 Å². The molecule has 0 aliphatic heterocycles. The lowest BCUT2D eigenvalue weighted by molar-refractivity contribution is 0.944. The standard InChI is InChI=1S/C17H24N4/c1-4-10-18-16-12-17(21-14(3)20-16)19-11-9-15-8-6-5-7-13(15)2/h5-8,12H,4,9-11H2,1-3H3,(H2,18,19,20,21). The van der Waals surface area contributed by atoms with E-state index in [1.165, 1.54) is 11.1 Å². The molecule has 4 nitrogen and oxygen atoms in total. The minimum atomic E-state index is 0.787. The molecule has 0 aliphatic carbocycles. The molecule has 2 aromatic rings. The van der Waals surface area contributed by atoms with Gasteiger partial charge in [-0.25, -0.2) is 9.97 Å². The van der Waals surface area contributed by atoms with Crippen LogP contribution in [0.1, 0.15) is 30.3 Å². The molecular weight excluding hydrogens is 260 g/mol. The van der Waals surface area contributed by atoms with Crippen molar-refractivity contribution in [3.8, 4) is 0 Å². The molecule has 0 amide bonds. The van der Waals surface area contributed by atoms with Crippen molar-refractivity contribution in [2.24, 2.45) is 0 Å². The predicted molar refractivity (Wildman–Crippen MR) is 88.9 cm³/mol. The smallest absolute Gasteiger partial charge is 0.131 e. The van der Waals surface area contributed by atoms with Gasteiger partial charge in [-0.15, -0.1) is 0 Å². The molecule has 2 N–H and O–H groups in total. The van der Waals surface area contributed by atoms with Crippen LogP contribution in [-0.4, -0.2) is 23.1 Å². The topological polar surface area (TPSA) is 49.8 Å². The van der Waals surface area contributed by atoms with Crippen molar-refractivity contribution in [2.75, 3.05) is 23.7 Å². The number of hydrogen-bond acceptors (Lipinski definition) is 4. The van der Waals surface area contributed by atoms with Crippen molar-refractivity contribution in [3.63, 3.8) is 0 Å². The van der Waals surface area contributed by atoms with Crippen LogP contribution >= 0.6 is 0 Å². The van der Waals surface area contributed by atoms with Gasteiger partial charge in [0.1, 0.15) is 17.5 Å². The van der Waals surface area contributed by atoms with Crippen LogP contribution in [0.3, 0.4) is 0 Å². The molecule has 0 spiro atoms. The summed E-state index contributed by atoms with van der Waals surface area (Å²) in [4.78, 5) is 8.82. The van der Waals surface area contributed by atoms with E-state index in [1.807, 2.05) is 13.0 Å². The normalized spacial score (nSPS) is 10.4. The molecule has 1 heterocycles. The molecular formula is C17H24N4. The quantitative estimate of drug-likeness (QED) is 0.816. The Hall–Kier alpha value is -2.10. The number of aromatic nitrogens is 2. The van der Waals surface area contributed by atoms with E-state index in [4.69, 9.17) is 0 Å². The van der Waals surface area contributed by atoms with Crippen LogP contribution in [0.15, 0.2) is 30.3 Å². The maximum Gasteiger partial charge on any atom is 0.131 e. The van der Waals surface area contributed by atoms with E-state index in [1.54, 1.807) is 0 Å². The van der Waals surface area contributed by atoms with Crippen molar-refractivity contribution >= 4 is 11.6 Å². The zero-order valence-corrected chi connectivity index (χ0v) is 13.1. The van der Waals surface area contributed by atoms with Gasteiger partial charge in [0, 0.05) is 19.2 Å². The first-order valence-corrected chi connectivity index (χ1v) is 7.57. The minimum Gasteiger partial charge on any atom is -0.370 e. The highest BCUT2D eigenvalue weighted by molar-refractivity contribution is 5.47. The van der Waals surface area contributed by atoms with Gasteiger partial charge in [0.2, 0.25) is 0 Å². The zero-order valence-electron chi connectivity index (χ0n) is 13.1. The summed E-state index contributed by atoms with van der Waals surface area (Å²) in [5.74, 6) is 2.56. The molecule has 0 atom stereocenters. The fraction of sp³-hybridized carbons (Fsp3) is 0.412. The summed E-state index contributed by atoms with van der Waals surface area (Å²) < 4.78 is 0. The maximum absolute atomic E-state index is 4.43. The Morgan fingerprint density at radius 2 is 1.62 bits per heavy atom. The molecule has 1 aromatic carbocycles. The van der Waals surface area contributed by atoms with E-state index in [0.29, 0.717) is 0 Å². The summed E-state index contributed by atoms with van der Waals surface area (Å²) in [6, 6.07) is 10.5. The van der Waals surface area contributed by atoms with Crippen molar-refractivity contribution < 1.29 is 0 Å². The maximum atomic E-state index is 4.43. The average molecular weight is 284 g/mol. The third kappa shape index (κ3) is 4.74. The molecule has 0 saturated carbocycles. The lowest BCUT2D eigenvalue weighted by Crippen LogP contribution is -2.10. The van der Waals surface area contributed by atoms with Crippen molar-refractivity contribution in [1.29, 1.82) is 0 Å². The molecule has 2 rings (SSSR count). The summed E-state index contributed by atoms with van der Waals surface area (Å²) in [6.45, 7) is 8.01. The molecule has 0 fully saturated rings. The molecule has 0 bridgehead atoms. The fourth-order valence-electron chi connectivity index (χ4n) is 2.22. The molecule has 0 radical (unpaired) electrons. The van der Waals surface area contributed by atoms with Gasteiger partial charge in [-0.3, -0.25) is 0 Å². The summed E-state index contributed by atoms with van der Waals surface area (Å²) in [6.07, 6.45) is 2.08. The lowest BCUT2D eigenvalue weighted by atomic mass is 10.1. The van der Waals surface area contributed by atoms with E-state index in [9.17, 15) is 0 Å². The minimum absolute atomic E-state index is 0.787. The summed E-state index contributed by atoms with van der Waals surface area (Å²) in [5, 5.41) is 6.69. The van der Waals surface area contributed by atoms with E-state index < -0.39 is 0 Å². The average Bonchev–Trinajstić information content (AvgIpc) is 2.47. The van der Waals surface area contributed by atoms with Gasteiger partial charge in [0.15, 0.2) is 0 Å². The van der Waals surface area contributed by atoms with Crippen LogP contribution < -0.4 is 10.6 Å². The Morgan fingerprint density at radius 3 is 2.29 bits per heavy atom. The second kappa shape index (κ2) is 7.62. The second-order valence-corrected chi connectivity index (χ2v) is 5.22. The van der Waals surface area contributed by atoms with Crippen LogP contribution in [0.25, 0.3) is 0 Å². The monoisotopic (exact) mass is 284 g/mol. The lowest BCUT2D eigenvalue weighted by Gasteiger charge is -2.10. The first kappa shape index (κ1) is 15.3. The Labute approximate surface area is 127 Å². The number of hydrogen-bond donors (Lipinski definition) is 2. The Bertz CT molecular complexity index is 581. The Kier molecular flexibility index (Phi) is 5.55. The summed E-state index contributed by atoms with van der Waals surface area (Å²) in [7, 11) is 0. The molecule has 4 heteroatoms. The first-order valence-electron chi connectivity index (χ1n) is 7.57. The fourth-order valence-corrected chi connectivity index (χ4v) is 2.22. The van der Waals surface area contributed by atoms with Gasteiger partial charge in [-0.05, 0) is 37.8 Å². The van der Waals surface area contributed by atoms with Crippen LogP contribution in [0.4, 0.5) is 11.6 Å². The predicted octanol–water partition coefficient (Wildman–Crippen LogP) is 3.57. The van der Waals surface area contributed by atoms with Crippen molar-refractivity contribution in [3.05, 3.63) is 47.3 Å². The van der Waals surface area contributed by atoms with Gasteiger partial charge in [0.25, 0.3) is 0 Å². The molecule has 112 valence electrons. The highest BCUT2D eigenvalue weighted by Crippen LogP contribution is 2.12. The van der Waals surface area contributed by atoms with Crippen LogP contribution in [-0.2, 0) is 6.42 Å². The highest BCUT2D eigenvalue weighted by atomic mass is 15.1. The van der Waals surface area contributed by atoms with E-state index in [0.717, 1.165) is 43.4 Å². The number of anilines is 2. The third-order valence-electron chi connectivity index (χ3n) is 3.36. The number of nitrogens with one attached hydrogen (secondary N) is 2. The summed E-state index contributed by atoms with van der Waals surface area (Å²) >= 11 is 0. The second-order valence-electron chi connectivity index (χ2n) is 5.22. The Morgan fingerprint density at radius 1 is 0.952 bits per heavy atom. The number of aryl methyl sites for hydroxylation is 2. The van der Waals surface area contributed by atoms with Gasteiger partial charge in [-0.1, -0.05) is 31.2 Å². The highest BCUT2D eigenvalue weighted by Gasteiger charge is 2.02. The molecule has 0 saturated heterocycles. The Balaban J connectivity index is 1.93. The van der Waals surface area contributed by atoms with Gasteiger partial charge in [-0.2, -0.15) is 0 Å². The zero-order chi connectivity index (χ0) is 15.1. The van der Waals surface area contributed by atoms with Crippen LogP contribution in [0.5, 0.6) is 0 Å². The van der Waals surface area contributed by atoms with E-state index >= 15 is 0 Å². The van der Waals surface area contributed by atoms with Crippen LogP contribution in [0, 0.1) is 13.8 Å². The third-order valence-corrected chi connectivity index (χ3v) is 3.36. The first-order chi connectivity index (χ1) is 10.2. The molecule has 0 unspecified atom stereocenters. The number of nitrogens with zero attached hydrogens (tertiary/aromatic N) is 2. The largest absolute Gasteiger partial charge is 0.370 e. The molecule has 1 aromatic heterocycles. The van der Waals surface area contributed by atoms with E-state index in [2.05, 4.69) is 58.7 Å². The van der Waals surface area contributed by atoms with E-state index in [-0.39, 0.29) is 0 Å². The number of benzene rings is 1. The molecule has 21 heavy (non-hydrogen) atoms. The number of rotatable bonds is 7. The van der Waals surface area contributed by atoms with Gasteiger partial charge < -0.3 is 10.6 Å². The van der Waals surface area contributed by atoms with Crippen molar-refractivity contribution in [2.45, 2.75) is 33.6 Å². The summed E-state index contributed by atoms with van der Waals surface area (Å²) in [5.41, 5.74) is 2.71. The van der Waals surface area contributed by atoms with Crippen molar-refractivity contribution in [1.82, 2.24) is 9.97 Å². The molecule has 0 aliphatic rings. The van der Waals surface area contributed by atoms with Gasteiger partial charge >= 0.3 is 0 Å². The SMILES string of the molecule is CCCNc1cc(NCCc2ccccc2C)nc(C)n1. The van der Waals surface area contributed by atoms with Crippen LogP contribution in [0.2, 0.25) is 0 Å².